The molecule has 1 N–H and O–H groups in total. The van der Waals surface area contributed by atoms with Gasteiger partial charge in [0.15, 0.2) is 5.69 Å². The Hall–Kier alpha value is -3.09. The van der Waals surface area contributed by atoms with Gasteiger partial charge < -0.3 is 10.1 Å². The lowest BCUT2D eigenvalue weighted by atomic mass is 10.1. The molecule has 0 saturated carbocycles. The van der Waals surface area contributed by atoms with Crippen LogP contribution in [0.4, 0.5) is 14.5 Å². The van der Waals surface area contributed by atoms with Crippen LogP contribution in [-0.4, -0.2) is 23.0 Å². The Morgan fingerprint density at radius 1 is 1.04 bits per heavy atom. The van der Waals surface area contributed by atoms with E-state index in [1.54, 1.807) is 0 Å². The molecule has 0 radical (unpaired) electrons. The van der Waals surface area contributed by atoms with Gasteiger partial charge in [0, 0.05) is 6.07 Å². The topological polar surface area (TPSA) is 64.1 Å². The van der Waals surface area contributed by atoms with Crippen LogP contribution < -0.4 is 10.1 Å². The Kier molecular flexibility index (Phi) is 4.31. The van der Waals surface area contributed by atoms with Gasteiger partial charge in [-0.1, -0.05) is 0 Å². The summed E-state index contributed by atoms with van der Waals surface area (Å²) in [5, 5.41) is 2.36. The number of benzene rings is 2. The van der Waals surface area contributed by atoms with Crippen molar-refractivity contribution >= 4 is 22.6 Å². The highest BCUT2D eigenvalue weighted by molar-refractivity contribution is 6.05. The number of halogens is 2. The number of aryl methyl sites for hydroxylation is 2. The van der Waals surface area contributed by atoms with Crippen LogP contribution >= 0.6 is 0 Å². The molecule has 0 atom stereocenters. The fraction of sp³-hybridized carbons (Fsp3) is 0.167. The van der Waals surface area contributed by atoms with Gasteiger partial charge in [0.25, 0.3) is 5.91 Å². The summed E-state index contributed by atoms with van der Waals surface area (Å²) in [4.78, 5) is 21.1. The maximum Gasteiger partial charge on any atom is 0.280 e. The number of ether oxygens (including phenoxy) is 1. The monoisotopic (exact) mass is 343 g/mol. The number of carbonyl (C=O) groups excluding carboxylic acids is 1. The minimum absolute atomic E-state index is 0.0239. The quantitative estimate of drug-likeness (QED) is 0.786. The summed E-state index contributed by atoms with van der Waals surface area (Å²) in [5.74, 6) is -2.29. The highest BCUT2D eigenvalue weighted by atomic mass is 19.1. The van der Waals surface area contributed by atoms with Crippen LogP contribution in [0.15, 0.2) is 30.3 Å². The van der Waals surface area contributed by atoms with Crippen LogP contribution in [-0.2, 0) is 0 Å². The number of rotatable bonds is 3. The van der Waals surface area contributed by atoms with Gasteiger partial charge in [-0.25, -0.2) is 18.7 Å². The van der Waals surface area contributed by atoms with Gasteiger partial charge in [-0.2, -0.15) is 0 Å². The predicted molar refractivity (Wildman–Crippen MR) is 89.9 cm³/mol. The lowest BCUT2D eigenvalue weighted by Crippen LogP contribution is -2.17. The molecule has 0 bridgehead atoms. The van der Waals surface area contributed by atoms with E-state index in [-0.39, 0.29) is 17.3 Å². The number of hydrogen-bond donors (Lipinski definition) is 1. The first kappa shape index (κ1) is 16.8. The molecule has 5 nitrogen and oxygen atoms in total. The Morgan fingerprint density at radius 2 is 1.68 bits per heavy atom. The molecule has 1 heterocycles. The van der Waals surface area contributed by atoms with Crippen molar-refractivity contribution in [2.75, 3.05) is 12.4 Å². The van der Waals surface area contributed by atoms with E-state index in [4.69, 9.17) is 4.74 Å². The minimum atomic E-state index is -0.882. The third-order valence-electron chi connectivity index (χ3n) is 3.84. The Balaban J connectivity index is 2.03. The first-order valence-electron chi connectivity index (χ1n) is 7.48. The van der Waals surface area contributed by atoms with Gasteiger partial charge in [0.05, 0.1) is 23.8 Å². The largest absolute Gasteiger partial charge is 0.479 e. The van der Waals surface area contributed by atoms with Crippen LogP contribution in [0, 0.1) is 25.5 Å². The van der Waals surface area contributed by atoms with E-state index in [1.165, 1.54) is 7.11 Å². The summed E-state index contributed by atoms with van der Waals surface area (Å²) < 4.78 is 31.9. The van der Waals surface area contributed by atoms with Gasteiger partial charge in [0.1, 0.15) is 11.6 Å². The Labute approximate surface area is 142 Å². The molecule has 25 heavy (non-hydrogen) atoms. The smallest absolute Gasteiger partial charge is 0.280 e. The van der Waals surface area contributed by atoms with Gasteiger partial charge in [-0.05, 0) is 49.2 Å². The van der Waals surface area contributed by atoms with Crippen molar-refractivity contribution in [1.29, 1.82) is 0 Å². The first-order chi connectivity index (χ1) is 11.9. The molecule has 0 fully saturated rings. The second kappa shape index (κ2) is 6.43. The van der Waals surface area contributed by atoms with Crippen LogP contribution in [0.3, 0.4) is 0 Å². The highest BCUT2D eigenvalue weighted by Gasteiger charge is 2.19. The number of aromatic nitrogens is 2. The molecule has 0 saturated heterocycles. The molecular formula is C18H15F2N3O2. The number of nitrogens with zero attached hydrogens (tertiary/aromatic N) is 2. The summed E-state index contributed by atoms with van der Waals surface area (Å²) >= 11 is 0. The molecule has 128 valence electrons. The van der Waals surface area contributed by atoms with Crippen molar-refractivity contribution in [3.05, 3.63) is 58.8 Å². The van der Waals surface area contributed by atoms with Gasteiger partial charge in [-0.15, -0.1) is 0 Å². The molecule has 7 heteroatoms. The van der Waals surface area contributed by atoms with Gasteiger partial charge in [-0.3, -0.25) is 4.79 Å². The van der Waals surface area contributed by atoms with Crippen LogP contribution in [0.25, 0.3) is 11.0 Å². The van der Waals surface area contributed by atoms with E-state index in [1.807, 2.05) is 26.0 Å². The Bertz CT molecular complexity index is 990. The van der Waals surface area contributed by atoms with Crippen molar-refractivity contribution in [3.8, 4) is 5.88 Å². The third-order valence-corrected chi connectivity index (χ3v) is 3.84. The van der Waals surface area contributed by atoms with Crippen molar-refractivity contribution in [3.63, 3.8) is 0 Å². The molecular weight excluding hydrogens is 328 g/mol. The average Bonchev–Trinajstić information content (AvgIpc) is 2.57. The molecule has 1 aromatic heterocycles. The molecule has 0 aliphatic rings. The lowest BCUT2D eigenvalue weighted by Gasteiger charge is -2.11. The van der Waals surface area contributed by atoms with Crippen molar-refractivity contribution in [2.24, 2.45) is 0 Å². The zero-order valence-electron chi connectivity index (χ0n) is 13.9. The fourth-order valence-electron chi connectivity index (χ4n) is 2.36. The number of amides is 1. The number of anilines is 1. The summed E-state index contributed by atoms with van der Waals surface area (Å²) in [6, 6.07) is 6.53. The first-order valence-corrected chi connectivity index (χ1v) is 7.48. The van der Waals surface area contributed by atoms with E-state index >= 15 is 0 Å². The van der Waals surface area contributed by atoms with E-state index in [2.05, 4.69) is 15.3 Å². The second-order valence-corrected chi connectivity index (χ2v) is 5.58. The Morgan fingerprint density at radius 3 is 2.28 bits per heavy atom. The van der Waals surface area contributed by atoms with Crippen molar-refractivity contribution in [1.82, 2.24) is 9.97 Å². The molecule has 0 spiro atoms. The highest BCUT2D eigenvalue weighted by Crippen LogP contribution is 2.23. The number of fused-ring (bicyclic) bond motifs is 1. The molecule has 0 aliphatic heterocycles. The van der Waals surface area contributed by atoms with E-state index in [0.717, 1.165) is 23.3 Å². The van der Waals surface area contributed by atoms with Crippen molar-refractivity contribution in [2.45, 2.75) is 13.8 Å². The second-order valence-electron chi connectivity index (χ2n) is 5.58. The molecule has 3 rings (SSSR count). The molecule has 0 unspecified atom stereocenters. The summed E-state index contributed by atoms with van der Waals surface area (Å²) in [7, 11) is 1.37. The number of nitrogens with one attached hydrogen (secondary N) is 1. The molecule has 1 amide bonds. The fourth-order valence-corrected chi connectivity index (χ4v) is 2.36. The normalized spacial score (nSPS) is 10.8. The SMILES string of the molecule is COc1nc2cc(C)c(C)cc2nc1C(=O)Nc1ccc(F)cc1F. The van der Waals surface area contributed by atoms with Gasteiger partial charge in [0.2, 0.25) is 5.88 Å². The third kappa shape index (κ3) is 3.26. The number of hydrogen-bond acceptors (Lipinski definition) is 4. The molecule has 3 aromatic rings. The number of carbonyl (C=O) groups is 1. The standard InChI is InChI=1S/C18H15F2N3O2/c1-9-6-14-15(7-10(9)2)23-18(25-3)16(21-14)17(24)22-13-5-4-11(19)8-12(13)20/h4-8H,1-3H3,(H,22,24). The molecule has 2 aromatic carbocycles. The van der Waals surface area contributed by atoms with Crippen molar-refractivity contribution < 1.29 is 18.3 Å². The predicted octanol–water partition coefficient (Wildman–Crippen LogP) is 3.79. The van der Waals surface area contributed by atoms with Crippen LogP contribution in [0.1, 0.15) is 21.6 Å². The number of methoxy groups -OCH3 is 1. The average molecular weight is 343 g/mol. The van der Waals surface area contributed by atoms with E-state index in [9.17, 15) is 13.6 Å². The summed E-state index contributed by atoms with van der Waals surface area (Å²) in [6.07, 6.45) is 0. The van der Waals surface area contributed by atoms with E-state index < -0.39 is 17.5 Å². The molecule has 0 aliphatic carbocycles. The van der Waals surface area contributed by atoms with Crippen LogP contribution in [0.5, 0.6) is 5.88 Å². The zero-order chi connectivity index (χ0) is 18.1. The maximum atomic E-state index is 13.7. The van der Waals surface area contributed by atoms with Crippen LogP contribution in [0.2, 0.25) is 0 Å². The van der Waals surface area contributed by atoms with E-state index in [0.29, 0.717) is 17.1 Å². The maximum absolute atomic E-state index is 13.7. The summed E-state index contributed by atoms with van der Waals surface area (Å²) in [5.41, 5.74) is 2.91. The lowest BCUT2D eigenvalue weighted by molar-refractivity contribution is 0.101. The van der Waals surface area contributed by atoms with Gasteiger partial charge >= 0.3 is 0 Å². The zero-order valence-corrected chi connectivity index (χ0v) is 13.9. The minimum Gasteiger partial charge on any atom is -0.479 e. The summed E-state index contributed by atoms with van der Waals surface area (Å²) in [6.45, 7) is 3.87.